The Hall–Kier alpha value is -1.04. The molecule has 1 atom stereocenters. The third kappa shape index (κ3) is 2.45. The van der Waals surface area contributed by atoms with Crippen LogP contribution >= 0.6 is 34.5 Å². The quantitative estimate of drug-likeness (QED) is 0.543. The fourth-order valence-electron chi connectivity index (χ4n) is 2.20. The number of rotatable bonds is 3. The number of fused-ring (bicyclic) bond motifs is 1. The number of nitrogens with two attached hydrogens (primary N) is 1. The van der Waals surface area contributed by atoms with Crippen LogP contribution in [0, 0.1) is 6.92 Å². The van der Waals surface area contributed by atoms with Crippen LogP contribution in [0.2, 0.25) is 8.67 Å². The molecule has 0 saturated carbocycles. The first-order valence-electron chi connectivity index (χ1n) is 5.99. The van der Waals surface area contributed by atoms with Crippen molar-refractivity contribution in [3.05, 3.63) is 55.9 Å². The number of hydrogen-bond acceptors (Lipinski definition) is 4. The molecule has 3 nitrogen and oxygen atoms in total. The Kier molecular flexibility index (Phi) is 3.75. The average molecular weight is 327 g/mol. The highest BCUT2D eigenvalue weighted by molar-refractivity contribution is 7.20. The Morgan fingerprint density at radius 1 is 1.25 bits per heavy atom. The van der Waals surface area contributed by atoms with Crippen molar-refractivity contribution in [3.8, 4) is 0 Å². The summed E-state index contributed by atoms with van der Waals surface area (Å²) in [5.41, 5.74) is 5.56. The van der Waals surface area contributed by atoms with E-state index >= 15 is 0 Å². The van der Waals surface area contributed by atoms with Crippen LogP contribution in [0.4, 0.5) is 0 Å². The normalized spacial score (nSPS) is 13.0. The van der Waals surface area contributed by atoms with Crippen LogP contribution in [0.5, 0.6) is 0 Å². The zero-order valence-corrected chi connectivity index (χ0v) is 12.9. The van der Waals surface area contributed by atoms with Crippen LogP contribution in [-0.4, -0.2) is 0 Å². The maximum atomic E-state index is 6.19. The number of thiophene rings is 1. The van der Waals surface area contributed by atoms with Gasteiger partial charge in [-0.05, 0) is 31.2 Å². The number of furan rings is 1. The van der Waals surface area contributed by atoms with Crippen molar-refractivity contribution in [2.24, 2.45) is 5.84 Å². The van der Waals surface area contributed by atoms with Crippen molar-refractivity contribution in [2.75, 3.05) is 0 Å². The molecule has 20 heavy (non-hydrogen) atoms. The second-order valence-electron chi connectivity index (χ2n) is 4.57. The van der Waals surface area contributed by atoms with Crippen LogP contribution < -0.4 is 11.3 Å². The molecule has 0 saturated heterocycles. The molecule has 2 aromatic heterocycles. The van der Waals surface area contributed by atoms with E-state index < -0.39 is 0 Å². The summed E-state index contributed by atoms with van der Waals surface area (Å²) in [4.78, 5) is 0. The summed E-state index contributed by atoms with van der Waals surface area (Å²) in [6.07, 6.45) is 0. The van der Waals surface area contributed by atoms with Crippen molar-refractivity contribution in [2.45, 2.75) is 13.0 Å². The molecule has 0 amide bonds. The molecule has 0 aliphatic carbocycles. The first kappa shape index (κ1) is 13.9. The number of hydrogen-bond donors (Lipinski definition) is 2. The molecular weight excluding hydrogens is 315 g/mol. The summed E-state index contributed by atoms with van der Waals surface area (Å²) in [5, 5.41) is 1.04. The lowest BCUT2D eigenvalue weighted by atomic mass is 10.1. The third-order valence-electron chi connectivity index (χ3n) is 3.14. The molecule has 0 radical (unpaired) electrons. The Morgan fingerprint density at radius 3 is 2.70 bits per heavy atom. The van der Waals surface area contributed by atoms with Crippen molar-refractivity contribution >= 4 is 45.5 Å². The maximum absolute atomic E-state index is 6.19. The SMILES string of the molecule is Cc1ccc2oc(C(NN)c3cc(Cl)sc3Cl)cc2c1. The summed E-state index contributed by atoms with van der Waals surface area (Å²) < 4.78 is 7.08. The molecule has 3 aromatic rings. The minimum atomic E-state index is -0.320. The van der Waals surface area contributed by atoms with Crippen molar-refractivity contribution < 1.29 is 4.42 Å². The summed E-state index contributed by atoms with van der Waals surface area (Å²) >= 11 is 13.5. The monoisotopic (exact) mass is 326 g/mol. The van der Waals surface area contributed by atoms with Gasteiger partial charge in [0.15, 0.2) is 0 Å². The molecule has 0 fully saturated rings. The molecule has 104 valence electrons. The van der Waals surface area contributed by atoms with Crippen molar-refractivity contribution in [3.63, 3.8) is 0 Å². The van der Waals surface area contributed by atoms with Gasteiger partial charge in [-0.15, -0.1) is 11.3 Å². The molecule has 3 rings (SSSR count). The molecule has 1 unspecified atom stereocenters. The minimum Gasteiger partial charge on any atom is -0.459 e. The van der Waals surface area contributed by atoms with E-state index in [1.54, 1.807) is 6.07 Å². The van der Waals surface area contributed by atoms with Gasteiger partial charge in [-0.1, -0.05) is 34.8 Å². The van der Waals surface area contributed by atoms with Gasteiger partial charge in [-0.2, -0.15) is 0 Å². The smallest absolute Gasteiger partial charge is 0.134 e. The van der Waals surface area contributed by atoms with Crippen molar-refractivity contribution in [1.82, 2.24) is 5.43 Å². The van der Waals surface area contributed by atoms with E-state index in [4.69, 9.17) is 33.5 Å². The highest BCUT2D eigenvalue weighted by Gasteiger charge is 2.22. The van der Waals surface area contributed by atoms with E-state index in [-0.39, 0.29) is 6.04 Å². The van der Waals surface area contributed by atoms with Gasteiger partial charge in [0.2, 0.25) is 0 Å². The fraction of sp³-hybridized carbons (Fsp3) is 0.143. The average Bonchev–Trinajstić information content (AvgIpc) is 2.94. The van der Waals surface area contributed by atoms with Gasteiger partial charge in [-0.3, -0.25) is 5.84 Å². The number of benzene rings is 1. The number of nitrogens with one attached hydrogen (secondary N) is 1. The highest BCUT2D eigenvalue weighted by Crippen LogP contribution is 2.38. The topological polar surface area (TPSA) is 51.2 Å². The lowest BCUT2D eigenvalue weighted by molar-refractivity contribution is 0.478. The second-order valence-corrected chi connectivity index (χ2v) is 6.85. The van der Waals surface area contributed by atoms with Crippen LogP contribution in [-0.2, 0) is 0 Å². The lowest BCUT2D eigenvalue weighted by Crippen LogP contribution is -2.28. The zero-order valence-electron chi connectivity index (χ0n) is 10.6. The third-order valence-corrected chi connectivity index (χ3v) is 4.65. The van der Waals surface area contributed by atoms with Crippen LogP contribution in [0.1, 0.15) is 22.9 Å². The standard InChI is InChI=1S/C14H12Cl2N2OS/c1-7-2-3-10-8(4-7)5-11(19-10)13(18-17)9-6-12(15)20-14(9)16/h2-6,13,18H,17H2,1H3. The maximum Gasteiger partial charge on any atom is 0.134 e. The predicted octanol–water partition coefficient (Wildman–Crippen LogP) is 4.66. The van der Waals surface area contributed by atoms with E-state index in [0.29, 0.717) is 14.4 Å². The molecule has 2 heterocycles. The van der Waals surface area contributed by atoms with Crippen molar-refractivity contribution in [1.29, 1.82) is 0 Å². The molecular formula is C14H12Cl2N2OS. The fourth-order valence-corrected chi connectivity index (χ4v) is 3.73. The zero-order chi connectivity index (χ0) is 14.3. The van der Waals surface area contributed by atoms with E-state index in [0.717, 1.165) is 16.5 Å². The van der Waals surface area contributed by atoms with Crippen LogP contribution in [0.25, 0.3) is 11.0 Å². The predicted molar refractivity (Wildman–Crippen MR) is 84.5 cm³/mol. The van der Waals surface area contributed by atoms with Gasteiger partial charge in [0.05, 0.1) is 8.67 Å². The summed E-state index contributed by atoms with van der Waals surface area (Å²) in [5.74, 6) is 6.37. The first-order chi connectivity index (χ1) is 9.58. The van der Waals surface area contributed by atoms with E-state index in [9.17, 15) is 0 Å². The number of aryl methyl sites for hydroxylation is 1. The van der Waals surface area contributed by atoms with Gasteiger partial charge in [0.25, 0.3) is 0 Å². The largest absolute Gasteiger partial charge is 0.459 e. The molecule has 0 aliphatic heterocycles. The Bertz CT molecular complexity index is 766. The molecule has 3 N–H and O–H groups in total. The number of hydrazine groups is 1. The van der Waals surface area contributed by atoms with Gasteiger partial charge < -0.3 is 4.42 Å². The van der Waals surface area contributed by atoms with Gasteiger partial charge >= 0.3 is 0 Å². The van der Waals surface area contributed by atoms with Crippen LogP contribution in [0.15, 0.2) is 34.7 Å². The van der Waals surface area contributed by atoms with Gasteiger partial charge in [-0.25, -0.2) is 5.43 Å². The Morgan fingerprint density at radius 2 is 2.05 bits per heavy atom. The molecule has 0 bridgehead atoms. The van der Waals surface area contributed by atoms with E-state index in [1.807, 2.05) is 25.1 Å². The van der Waals surface area contributed by atoms with Gasteiger partial charge in [0.1, 0.15) is 17.4 Å². The first-order valence-corrected chi connectivity index (χ1v) is 7.56. The molecule has 0 aliphatic rings. The van der Waals surface area contributed by atoms with Crippen LogP contribution in [0.3, 0.4) is 0 Å². The molecule has 1 aromatic carbocycles. The molecule has 0 spiro atoms. The highest BCUT2D eigenvalue weighted by atomic mass is 35.5. The minimum absolute atomic E-state index is 0.320. The molecule has 6 heteroatoms. The second kappa shape index (κ2) is 5.39. The summed E-state index contributed by atoms with van der Waals surface area (Å²) in [7, 11) is 0. The Balaban J connectivity index is 2.09. The van der Waals surface area contributed by atoms with Gasteiger partial charge in [0, 0.05) is 10.9 Å². The Labute approximate surface area is 130 Å². The van der Waals surface area contributed by atoms with E-state index in [2.05, 4.69) is 11.5 Å². The lowest BCUT2D eigenvalue weighted by Gasteiger charge is -2.12. The number of halogens is 2. The van der Waals surface area contributed by atoms with E-state index in [1.165, 1.54) is 16.9 Å². The summed E-state index contributed by atoms with van der Waals surface area (Å²) in [6, 6.07) is 9.47. The summed E-state index contributed by atoms with van der Waals surface area (Å²) in [6.45, 7) is 2.04.